The summed E-state index contributed by atoms with van der Waals surface area (Å²) in [5.74, 6) is 0.920. The number of hydrogen-bond acceptors (Lipinski definition) is 3. The van der Waals surface area contributed by atoms with Crippen molar-refractivity contribution in [3.63, 3.8) is 0 Å². The zero-order valence-corrected chi connectivity index (χ0v) is 10.9. The SMILES string of the molecule is Cc1ccc2c(c1)OC(c1csc(Cl)c1)CN2. The summed E-state index contributed by atoms with van der Waals surface area (Å²) in [7, 11) is 0. The maximum Gasteiger partial charge on any atom is 0.143 e. The van der Waals surface area contributed by atoms with Gasteiger partial charge in [-0.3, -0.25) is 0 Å². The number of thiophene rings is 1. The van der Waals surface area contributed by atoms with E-state index < -0.39 is 0 Å². The number of halogens is 1. The summed E-state index contributed by atoms with van der Waals surface area (Å²) in [5, 5.41) is 5.44. The smallest absolute Gasteiger partial charge is 0.143 e. The second-order valence-electron chi connectivity index (χ2n) is 4.17. The Balaban J connectivity index is 1.89. The predicted molar refractivity (Wildman–Crippen MR) is 72.4 cm³/mol. The molecule has 1 aliphatic rings. The van der Waals surface area contributed by atoms with Gasteiger partial charge in [0.05, 0.1) is 16.6 Å². The number of anilines is 1. The second kappa shape index (κ2) is 4.24. The first-order chi connectivity index (χ1) is 8.22. The fourth-order valence-electron chi connectivity index (χ4n) is 1.95. The largest absolute Gasteiger partial charge is 0.482 e. The first kappa shape index (κ1) is 10.9. The Bertz CT molecular complexity index is 552. The molecule has 3 rings (SSSR count). The topological polar surface area (TPSA) is 21.3 Å². The molecule has 1 aromatic carbocycles. The van der Waals surface area contributed by atoms with Crippen LogP contribution in [0.3, 0.4) is 0 Å². The van der Waals surface area contributed by atoms with Gasteiger partial charge in [0.15, 0.2) is 0 Å². The molecule has 0 amide bonds. The van der Waals surface area contributed by atoms with Gasteiger partial charge in [-0.15, -0.1) is 11.3 Å². The highest BCUT2D eigenvalue weighted by molar-refractivity contribution is 7.14. The molecular formula is C13H12ClNOS. The van der Waals surface area contributed by atoms with Gasteiger partial charge in [0.2, 0.25) is 0 Å². The van der Waals surface area contributed by atoms with Gasteiger partial charge in [-0.1, -0.05) is 17.7 Å². The van der Waals surface area contributed by atoms with E-state index in [1.807, 2.05) is 6.07 Å². The summed E-state index contributed by atoms with van der Waals surface area (Å²) in [4.78, 5) is 0. The minimum absolute atomic E-state index is 0.0491. The zero-order chi connectivity index (χ0) is 11.8. The number of rotatable bonds is 1. The molecule has 1 N–H and O–H groups in total. The van der Waals surface area contributed by atoms with E-state index in [4.69, 9.17) is 16.3 Å². The third kappa shape index (κ3) is 2.13. The fourth-order valence-corrected chi connectivity index (χ4v) is 2.88. The van der Waals surface area contributed by atoms with Crippen molar-refractivity contribution in [3.8, 4) is 5.75 Å². The van der Waals surface area contributed by atoms with E-state index in [1.54, 1.807) is 11.3 Å². The van der Waals surface area contributed by atoms with E-state index in [9.17, 15) is 0 Å². The Morgan fingerprint density at radius 1 is 1.41 bits per heavy atom. The van der Waals surface area contributed by atoms with Crippen LogP contribution < -0.4 is 10.1 Å². The lowest BCUT2D eigenvalue weighted by atomic mass is 10.1. The predicted octanol–water partition coefficient (Wildman–Crippen LogP) is 4.26. The second-order valence-corrected chi connectivity index (χ2v) is 5.71. The van der Waals surface area contributed by atoms with Gasteiger partial charge in [-0.05, 0) is 36.1 Å². The normalized spacial score (nSPS) is 18.1. The number of ether oxygens (including phenoxy) is 1. The lowest BCUT2D eigenvalue weighted by molar-refractivity contribution is 0.211. The van der Waals surface area contributed by atoms with Crippen LogP contribution in [0, 0.1) is 6.92 Å². The van der Waals surface area contributed by atoms with Crippen LogP contribution in [0.15, 0.2) is 29.6 Å². The van der Waals surface area contributed by atoms with Crippen LogP contribution in [0.4, 0.5) is 5.69 Å². The van der Waals surface area contributed by atoms with Crippen molar-refractivity contribution in [1.29, 1.82) is 0 Å². The molecule has 1 atom stereocenters. The summed E-state index contributed by atoms with van der Waals surface area (Å²) in [6.07, 6.45) is 0.0491. The van der Waals surface area contributed by atoms with Crippen LogP contribution in [0.1, 0.15) is 17.2 Å². The van der Waals surface area contributed by atoms with Gasteiger partial charge in [0, 0.05) is 5.56 Å². The highest BCUT2D eigenvalue weighted by Crippen LogP contribution is 2.36. The van der Waals surface area contributed by atoms with Crippen molar-refractivity contribution in [1.82, 2.24) is 0 Å². The van der Waals surface area contributed by atoms with Gasteiger partial charge < -0.3 is 10.1 Å². The molecule has 88 valence electrons. The highest BCUT2D eigenvalue weighted by Gasteiger charge is 2.21. The molecule has 0 saturated carbocycles. The van der Waals surface area contributed by atoms with E-state index in [2.05, 4.69) is 35.8 Å². The molecule has 0 saturated heterocycles. The highest BCUT2D eigenvalue weighted by atomic mass is 35.5. The lowest BCUT2D eigenvalue weighted by Crippen LogP contribution is -2.23. The Morgan fingerprint density at radius 3 is 3.06 bits per heavy atom. The molecule has 0 spiro atoms. The van der Waals surface area contributed by atoms with Crippen molar-refractivity contribution in [3.05, 3.63) is 45.1 Å². The standard InChI is InChI=1S/C13H12ClNOS/c1-8-2-3-10-11(4-8)16-12(6-15-10)9-5-13(14)17-7-9/h2-5,7,12,15H,6H2,1H3. The van der Waals surface area contributed by atoms with Gasteiger partial charge in [0.25, 0.3) is 0 Å². The first-order valence-electron chi connectivity index (χ1n) is 5.47. The maximum absolute atomic E-state index is 6.00. The number of fused-ring (bicyclic) bond motifs is 1. The van der Waals surface area contributed by atoms with Crippen LogP contribution in [0.5, 0.6) is 5.75 Å². The molecule has 2 heterocycles. The molecule has 1 aromatic heterocycles. The van der Waals surface area contributed by atoms with Gasteiger partial charge in [-0.2, -0.15) is 0 Å². The van der Waals surface area contributed by atoms with Gasteiger partial charge >= 0.3 is 0 Å². The van der Waals surface area contributed by atoms with Crippen molar-refractivity contribution in [2.45, 2.75) is 13.0 Å². The van der Waals surface area contributed by atoms with Crippen molar-refractivity contribution in [2.24, 2.45) is 0 Å². The average molecular weight is 266 g/mol. The summed E-state index contributed by atoms with van der Waals surface area (Å²) >= 11 is 7.49. The monoisotopic (exact) mass is 265 g/mol. The third-order valence-electron chi connectivity index (χ3n) is 2.84. The van der Waals surface area contributed by atoms with Gasteiger partial charge in [0.1, 0.15) is 11.9 Å². The summed E-state index contributed by atoms with van der Waals surface area (Å²) < 4.78 is 6.80. The Labute approximate surface area is 109 Å². The Kier molecular flexibility index (Phi) is 2.73. The van der Waals surface area contributed by atoms with E-state index >= 15 is 0 Å². The van der Waals surface area contributed by atoms with Crippen LogP contribution in [0.25, 0.3) is 0 Å². The van der Waals surface area contributed by atoms with Crippen LogP contribution in [0.2, 0.25) is 4.34 Å². The Hall–Kier alpha value is -1.19. The number of benzene rings is 1. The molecule has 0 radical (unpaired) electrons. The lowest BCUT2D eigenvalue weighted by Gasteiger charge is -2.27. The van der Waals surface area contributed by atoms with Crippen LogP contribution in [-0.4, -0.2) is 6.54 Å². The van der Waals surface area contributed by atoms with Crippen LogP contribution >= 0.6 is 22.9 Å². The third-order valence-corrected chi connectivity index (χ3v) is 3.95. The first-order valence-corrected chi connectivity index (χ1v) is 6.73. The zero-order valence-electron chi connectivity index (χ0n) is 9.37. The van der Waals surface area contributed by atoms with E-state index in [0.717, 1.165) is 27.9 Å². The molecule has 1 aliphatic heterocycles. The molecule has 0 aliphatic carbocycles. The van der Waals surface area contributed by atoms with E-state index in [-0.39, 0.29) is 6.10 Å². The molecule has 0 fully saturated rings. The fraction of sp³-hybridized carbons (Fsp3) is 0.231. The summed E-state index contributed by atoms with van der Waals surface area (Å²) in [6.45, 7) is 2.85. The van der Waals surface area contributed by atoms with E-state index in [1.165, 1.54) is 5.56 Å². The molecule has 2 nitrogen and oxygen atoms in total. The molecular weight excluding hydrogens is 254 g/mol. The van der Waals surface area contributed by atoms with Crippen LogP contribution in [-0.2, 0) is 0 Å². The minimum Gasteiger partial charge on any atom is -0.482 e. The molecule has 17 heavy (non-hydrogen) atoms. The van der Waals surface area contributed by atoms with Crippen molar-refractivity contribution < 1.29 is 4.74 Å². The molecule has 4 heteroatoms. The molecule has 2 aromatic rings. The number of hydrogen-bond donors (Lipinski definition) is 1. The number of aryl methyl sites for hydroxylation is 1. The Morgan fingerprint density at radius 2 is 2.29 bits per heavy atom. The quantitative estimate of drug-likeness (QED) is 0.832. The summed E-state index contributed by atoms with van der Waals surface area (Å²) in [6, 6.07) is 8.17. The average Bonchev–Trinajstić information content (AvgIpc) is 2.75. The van der Waals surface area contributed by atoms with E-state index in [0.29, 0.717) is 0 Å². The summed E-state index contributed by atoms with van der Waals surface area (Å²) in [5.41, 5.74) is 3.40. The van der Waals surface area contributed by atoms with Crippen molar-refractivity contribution >= 4 is 28.6 Å². The maximum atomic E-state index is 6.00. The minimum atomic E-state index is 0.0491. The van der Waals surface area contributed by atoms with Gasteiger partial charge in [-0.25, -0.2) is 0 Å². The number of nitrogens with one attached hydrogen (secondary N) is 1. The molecule has 1 unspecified atom stereocenters. The van der Waals surface area contributed by atoms with Crippen molar-refractivity contribution in [2.75, 3.05) is 11.9 Å². The molecule has 0 bridgehead atoms.